The highest BCUT2D eigenvalue weighted by Gasteiger charge is 2.16. The Hall–Kier alpha value is -0.960. The van der Waals surface area contributed by atoms with Crippen LogP contribution in [0, 0.1) is 0 Å². The molecule has 0 unspecified atom stereocenters. The van der Waals surface area contributed by atoms with Gasteiger partial charge in [0.1, 0.15) is 0 Å². The number of aromatic nitrogens is 2. The van der Waals surface area contributed by atoms with Gasteiger partial charge in [0.25, 0.3) is 0 Å². The van der Waals surface area contributed by atoms with E-state index in [-0.39, 0.29) is 0 Å². The maximum Gasteiger partial charge on any atom is 0.203 e. The fourth-order valence-electron chi connectivity index (χ4n) is 2.97. The zero-order chi connectivity index (χ0) is 17.5. The van der Waals surface area contributed by atoms with Gasteiger partial charge < -0.3 is 10.6 Å². The lowest BCUT2D eigenvalue weighted by molar-refractivity contribution is 0.253. The van der Waals surface area contributed by atoms with Crippen LogP contribution in [0.2, 0.25) is 0 Å². The SMILES string of the molecule is Nc1nnc(SCCCCCN2CCN(c3cccc(S)c3)CC2)s1. The molecular weight excluding hydrogens is 370 g/mol. The summed E-state index contributed by atoms with van der Waals surface area (Å²) in [4.78, 5) is 6.08. The van der Waals surface area contributed by atoms with Crippen LogP contribution >= 0.6 is 35.7 Å². The van der Waals surface area contributed by atoms with Crippen LogP contribution in [0.4, 0.5) is 10.8 Å². The quantitative estimate of drug-likeness (QED) is 0.405. The second kappa shape index (κ2) is 9.66. The Kier molecular flexibility index (Phi) is 7.27. The summed E-state index contributed by atoms with van der Waals surface area (Å²) in [5.74, 6) is 1.10. The summed E-state index contributed by atoms with van der Waals surface area (Å²) in [7, 11) is 0. The molecule has 5 nitrogen and oxygen atoms in total. The van der Waals surface area contributed by atoms with Gasteiger partial charge in [0.15, 0.2) is 4.34 Å². The predicted molar refractivity (Wildman–Crippen MR) is 111 cm³/mol. The molecule has 0 amide bonds. The first kappa shape index (κ1) is 18.8. The van der Waals surface area contributed by atoms with Crippen molar-refractivity contribution < 1.29 is 0 Å². The summed E-state index contributed by atoms with van der Waals surface area (Å²) in [6.45, 7) is 5.71. The minimum atomic E-state index is 0.558. The van der Waals surface area contributed by atoms with Crippen molar-refractivity contribution in [2.75, 3.05) is 49.1 Å². The van der Waals surface area contributed by atoms with Crippen molar-refractivity contribution in [2.24, 2.45) is 0 Å². The van der Waals surface area contributed by atoms with E-state index in [1.165, 1.54) is 42.8 Å². The third kappa shape index (κ3) is 6.06. The number of anilines is 2. The number of hydrogen-bond donors (Lipinski definition) is 2. The molecule has 136 valence electrons. The molecule has 1 aliphatic rings. The number of nitrogen functional groups attached to an aromatic ring is 1. The van der Waals surface area contributed by atoms with Gasteiger partial charge in [-0.2, -0.15) is 0 Å². The van der Waals surface area contributed by atoms with Gasteiger partial charge in [0, 0.05) is 42.5 Å². The van der Waals surface area contributed by atoms with Crippen molar-refractivity contribution in [2.45, 2.75) is 28.5 Å². The molecule has 1 aliphatic heterocycles. The second-order valence-electron chi connectivity index (χ2n) is 6.16. The molecule has 1 aromatic heterocycles. The highest BCUT2D eigenvalue weighted by atomic mass is 32.2. The summed E-state index contributed by atoms with van der Waals surface area (Å²) in [6.07, 6.45) is 3.76. The van der Waals surface area contributed by atoms with E-state index < -0.39 is 0 Å². The molecule has 0 radical (unpaired) electrons. The first-order chi connectivity index (χ1) is 12.2. The molecule has 2 aromatic rings. The van der Waals surface area contributed by atoms with Crippen LogP contribution < -0.4 is 10.6 Å². The highest BCUT2D eigenvalue weighted by molar-refractivity contribution is 8.01. The molecule has 8 heteroatoms. The predicted octanol–water partition coefficient (Wildman–Crippen LogP) is 3.49. The maximum absolute atomic E-state index is 5.59. The van der Waals surface area contributed by atoms with Crippen LogP contribution in [0.3, 0.4) is 0 Å². The molecule has 0 saturated carbocycles. The summed E-state index contributed by atoms with van der Waals surface area (Å²) in [6, 6.07) is 8.44. The molecule has 3 rings (SSSR count). The van der Waals surface area contributed by atoms with E-state index >= 15 is 0 Å². The number of unbranched alkanes of at least 4 members (excludes halogenated alkanes) is 2. The van der Waals surface area contributed by atoms with Crippen LogP contribution in [-0.4, -0.2) is 53.6 Å². The monoisotopic (exact) mass is 395 g/mol. The summed E-state index contributed by atoms with van der Waals surface area (Å²) < 4.78 is 0.985. The first-order valence-corrected chi connectivity index (χ1v) is 10.9. The topological polar surface area (TPSA) is 58.3 Å². The summed E-state index contributed by atoms with van der Waals surface area (Å²) >= 11 is 7.68. The van der Waals surface area contributed by atoms with Crippen molar-refractivity contribution in [1.82, 2.24) is 15.1 Å². The maximum atomic E-state index is 5.59. The van der Waals surface area contributed by atoms with Gasteiger partial charge in [-0.3, -0.25) is 4.90 Å². The number of benzene rings is 1. The van der Waals surface area contributed by atoms with Crippen LogP contribution in [0.1, 0.15) is 19.3 Å². The summed E-state index contributed by atoms with van der Waals surface area (Å²) in [5, 5.41) is 8.43. The fraction of sp³-hybridized carbons (Fsp3) is 0.529. The molecule has 0 bridgehead atoms. The van der Waals surface area contributed by atoms with E-state index in [4.69, 9.17) is 5.73 Å². The Morgan fingerprint density at radius 3 is 2.68 bits per heavy atom. The minimum absolute atomic E-state index is 0.558. The van der Waals surface area contributed by atoms with Gasteiger partial charge in [0.05, 0.1) is 0 Å². The Balaban J connectivity index is 1.27. The molecule has 2 N–H and O–H groups in total. The van der Waals surface area contributed by atoms with Gasteiger partial charge >= 0.3 is 0 Å². The van der Waals surface area contributed by atoms with E-state index in [1.54, 1.807) is 11.8 Å². The van der Waals surface area contributed by atoms with E-state index in [2.05, 4.69) is 50.8 Å². The number of hydrogen-bond acceptors (Lipinski definition) is 8. The van der Waals surface area contributed by atoms with E-state index in [9.17, 15) is 0 Å². The zero-order valence-electron chi connectivity index (χ0n) is 14.3. The van der Waals surface area contributed by atoms with Gasteiger partial charge in [-0.1, -0.05) is 35.6 Å². The summed E-state index contributed by atoms with van der Waals surface area (Å²) in [5.41, 5.74) is 6.88. The Morgan fingerprint density at radius 2 is 1.96 bits per heavy atom. The second-order valence-corrected chi connectivity index (χ2v) is 9.03. The molecule has 0 atom stereocenters. The van der Waals surface area contributed by atoms with Crippen molar-refractivity contribution in [3.05, 3.63) is 24.3 Å². The number of piperazine rings is 1. The molecule has 25 heavy (non-hydrogen) atoms. The zero-order valence-corrected chi connectivity index (χ0v) is 16.8. The van der Waals surface area contributed by atoms with Crippen LogP contribution in [-0.2, 0) is 0 Å². The van der Waals surface area contributed by atoms with Gasteiger partial charge in [-0.15, -0.1) is 22.8 Å². The number of nitrogens with zero attached hydrogens (tertiary/aromatic N) is 4. The van der Waals surface area contributed by atoms with Gasteiger partial charge in [-0.25, -0.2) is 0 Å². The average Bonchev–Trinajstić information content (AvgIpc) is 3.04. The van der Waals surface area contributed by atoms with Crippen LogP contribution in [0.25, 0.3) is 0 Å². The third-order valence-electron chi connectivity index (χ3n) is 4.33. The number of thiol groups is 1. The lowest BCUT2D eigenvalue weighted by Crippen LogP contribution is -2.46. The number of thioether (sulfide) groups is 1. The molecule has 1 aromatic carbocycles. The first-order valence-electron chi connectivity index (χ1n) is 8.69. The van der Waals surface area contributed by atoms with Crippen molar-refractivity contribution in [1.29, 1.82) is 0 Å². The van der Waals surface area contributed by atoms with Crippen LogP contribution in [0.15, 0.2) is 33.5 Å². The smallest absolute Gasteiger partial charge is 0.203 e. The molecule has 0 spiro atoms. The Bertz CT molecular complexity index is 655. The molecular formula is C17H25N5S3. The lowest BCUT2D eigenvalue weighted by Gasteiger charge is -2.36. The standard InChI is InChI=1S/C17H25N5S3/c18-16-19-20-17(25-16)24-12-3-1-2-7-21-8-10-22(11-9-21)14-5-4-6-15(23)13-14/h4-6,13,23H,1-3,7-12H2,(H2,18,19). The van der Waals surface area contributed by atoms with Gasteiger partial charge in [-0.05, 0) is 37.6 Å². The molecule has 2 heterocycles. The minimum Gasteiger partial charge on any atom is -0.374 e. The number of rotatable bonds is 8. The van der Waals surface area contributed by atoms with Crippen molar-refractivity contribution in [3.63, 3.8) is 0 Å². The van der Waals surface area contributed by atoms with E-state index in [1.807, 2.05) is 6.07 Å². The van der Waals surface area contributed by atoms with E-state index in [0.717, 1.165) is 41.2 Å². The lowest BCUT2D eigenvalue weighted by atomic mass is 10.2. The Morgan fingerprint density at radius 1 is 1.12 bits per heavy atom. The van der Waals surface area contributed by atoms with Crippen molar-refractivity contribution in [3.8, 4) is 0 Å². The van der Waals surface area contributed by atoms with E-state index in [0.29, 0.717) is 5.13 Å². The number of nitrogens with two attached hydrogens (primary N) is 1. The fourth-order valence-corrected chi connectivity index (χ4v) is 4.90. The van der Waals surface area contributed by atoms with Gasteiger partial charge in [0.2, 0.25) is 5.13 Å². The van der Waals surface area contributed by atoms with Crippen molar-refractivity contribution >= 4 is 46.5 Å². The molecule has 0 aliphatic carbocycles. The largest absolute Gasteiger partial charge is 0.374 e. The normalized spacial score (nSPS) is 15.6. The third-order valence-corrected chi connectivity index (χ3v) is 6.58. The van der Waals surface area contributed by atoms with Crippen LogP contribution in [0.5, 0.6) is 0 Å². The molecule has 1 saturated heterocycles. The molecule has 1 fully saturated rings. The Labute approximate surface area is 163 Å². The highest BCUT2D eigenvalue weighted by Crippen LogP contribution is 2.24. The average molecular weight is 396 g/mol.